The maximum absolute atomic E-state index is 13.6. The van der Waals surface area contributed by atoms with Gasteiger partial charge in [-0.15, -0.1) is 0 Å². The Labute approximate surface area is 177 Å². The molecule has 0 bridgehead atoms. The molecule has 0 spiro atoms. The SMILES string of the molecule is Cc1nc(C(=O)N(C)C)ccc1C(=O)N(Cc1ccccc1)C(C)c1ccccn1. The second-order valence-electron chi connectivity index (χ2n) is 7.38. The van der Waals surface area contributed by atoms with E-state index in [1.54, 1.807) is 44.2 Å². The van der Waals surface area contributed by atoms with Gasteiger partial charge in [-0.05, 0) is 43.7 Å². The number of hydrogen-bond donors (Lipinski definition) is 0. The van der Waals surface area contributed by atoms with Crippen LogP contribution in [0, 0.1) is 6.92 Å². The van der Waals surface area contributed by atoms with Gasteiger partial charge in [-0.1, -0.05) is 36.4 Å². The van der Waals surface area contributed by atoms with Crippen molar-refractivity contribution in [1.82, 2.24) is 19.8 Å². The fourth-order valence-electron chi connectivity index (χ4n) is 3.24. The van der Waals surface area contributed by atoms with Gasteiger partial charge in [-0.2, -0.15) is 0 Å². The number of aryl methyl sites for hydroxylation is 1. The molecule has 0 radical (unpaired) electrons. The van der Waals surface area contributed by atoms with E-state index in [4.69, 9.17) is 0 Å². The fraction of sp³-hybridized carbons (Fsp3) is 0.250. The largest absolute Gasteiger partial charge is 0.343 e. The van der Waals surface area contributed by atoms with Crippen molar-refractivity contribution < 1.29 is 9.59 Å². The van der Waals surface area contributed by atoms with Gasteiger partial charge in [0.15, 0.2) is 0 Å². The van der Waals surface area contributed by atoms with E-state index < -0.39 is 0 Å². The summed E-state index contributed by atoms with van der Waals surface area (Å²) in [5, 5.41) is 0. The first-order chi connectivity index (χ1) is 14.4. The molecule has 1 atom stereocenters. The minimum Gasteiger partial charge on any atom is -0.343 e. The molecule has 2 heterocycles. The Balaban J connectivity index is 1.96. The molecule has 6 heteroatoms. The van der Waals surface area contributed by atoms with Crippen LogP contribution >= 0.6 is 0 Å². The summed E-state index contributed by atoms with van der Waals surface area (Å²) in [5.74, 6) is -0.342. The summed E-state index contributed by atoms with van der Waals surface area (Å²) in [6.45, 7) is 4.16. The molecule has 0 aliphatic rings. The molecule has 3 aromatic rings. The zero-order valence-electron chi connectivity index (χ0n) is 17.7. The van der Waals surface area contributed by atoms with Gasteiger partial charge in [0.2, 0.25) is 0 Å². The van der Waals surface area contributed by atoms with Crippen molar-refractivity contribution in [2.24, 2.45) is 0 Å². The third-order valence-electron chi connectivity index (χ3n) is 4.98. The first kappa shape index (κ1) is 21.2. The molecule has 0 N–H and O–H groups in total. The molecule has 154 valence electrons. The van der Waals surface area contributed by atoms with Crippen molar-refractivity contribution >= 4 is 11.8 Å². The minimum atomic E-state index is -0.235. The molecule has 0 saturated heterocycles. The Kier molecular flexibility index (Phi) is 6.57. The van der Waals surface area contributed by atoms with E-state index in [0.29, 0.717) is 23.5 Å². The van der Waals surface area contributed by atoms with Crippen molar-refractivity contribution in [3.8, 4) is 0 Å². The molecule has 0 fully saturated rings. The summed E-state index contributed by atoms with van der Waals surface area (Å²) in [5.41, 5.74) is 3.16. The van der Waals surface area contributed by atoms with Crippen LogP contribution in [0.2, 0.25) is 0 Å². The van der Waals surface area contributed by atoms with Gasteiger partial charge >= 0.3 is 0 Å². The normalized spacial score (nSPS) is 11.6. The topological polar surface area (TPSA) is 66.4 Å². The van der Waals surface area contributed by atoms with E-state index in [0.717, 1.165) is 11.3 Å². The van der Waals surface area contributed by atoms with Gasteiger partial charge in [0.25, 0.3) is 11.8 Å². The Hall–Kier alpha value is -3.54. The molecule has 1 aromatic carbocycles. The van der Waals surface area contributed by atoms with Gasteiger partial charge in [-0.25, -0.2) is 4.98 Å². The lowest BCUT2D eigenvalue weighted by molar-refractivity contribution is 0.0668. The number of amides is 2. The van der Waals surface area contributed by atoms with Gasteiger partial charge in [0.1, 0.15) is 5.69 Å². The van der Waals surface area contributed by atoms with Crippen LogP contribution in [0.3, 0.4) is 0 Å². The summed E-state index contributed by atoms with van der Waals surface area (Å²) in [4.78, 5) is 37.8. The van der Waals surface area contributed by atoms with Crippen molar-refractivity contribution in [2.75, 3.05) is 14.1 Å². The lowest BCUT2D eigenvalue weighted by atomic mass is 10.1. The lowest BCUT2D eigenvalue weighted by Crippen LogP contribution is -2.34. The smallest absolute Gasteiger partial charge is 0.271 e. The standard InChI is InChI=1S/C24H26N4O2/c1-17-20(13-14-22(26-17)24(30)27(3)4)23(29)28(16-19-10-6-5-7-11-19)18(2)21-12-8-9-15-25-21/h5-15,18H,16H2,1-4H3. The Bertz CT molecular complexity index is 1020. The molecule has 6 nitrogen and oxygen atoms in total. The molecule has 2 aromatic heterocycles. The van der Waals surface area contributed by atoms with Gasteiger partial charge in [-0.3, -0.25) is 14.6 Å². The number of aromatic nitrogens is 2. The summed E-state index contributed by atoms with van der Waals surface area (Å²) >= 11 is 0. The van der Waals surface area contributed by atoms with E-state index >= 15 is 0 Å². The van der Waals surface area contributed by atoms with Crippen molar-refractivity contribution in [3.05, 3.63) is 95.1 Å². The third-order valence-corrected chi connectivity index (χ3v) is 4.98. The highest BCUT2D eigenvalue weighted by atomic mass is 16.2. The van der Waals surface area contributed by atoms with E-state index in [9.17, 15) is 9.59 Å². The number of carbonyl (C=O) groups excluding carboxylic acids is 2. The van der Waals surface area contributed by atoms with Crippen LogP contribution in [0.15, 0.2) is 66.9 Å². The summed E-state index contributed by atoms with van der Waals surface area (Å²) in [6.07, 6.45) is 1.73. The lowest BCUT2D eigenvalue weighted by Gasteiger charge is -2.29. The molecule has 3 rings (SSSR count). The zero-order valence-corrected chi connectivity index (χ0v) is 17.7. The number of pyridine rings is 2. The average molecular weight is 402 g/mol. The molecular formula is C24H26N4O2. The van der Waals surface area contributed by atoms with Crippen LogP contribution in [0.5, 0.6) is 0 Å². The number of nitrogens with zero attached hydrogens (tertiary/aromatic N) is 4. The number of rotatable bonds is 6. The van der Waals surface area contributed by atoms with Crippen molar-refractivity contribution in [3.63, 3.8) is 0 Å². The van der Waals surface area contributed by atoms with Crippen LogP contribution in [0.25, 0.3) is 0 Å². The summed E-state index contributed by atoms with van der Waals surface area (Å²) < 4.78 is 0. The predicted octanol–water partition coefficient (Wildman–Crippen LogP) is 3.89. The minimum absolute atomic E-state index is 0.147. The average Bonchev–Trinajstić information content (AvgIpc) is 2.77. The zero-order chi connectivity index (χ0) is 21.7. The van der Waals surface area contributed by atoms with Gasteiger partial charge in [0, 0.05) is 26.8 Å². The summed E-state index contributed by atoms with van der Waals surface area (Å²) in [7, 11) is 3.35. The van der Waals surface area contributed by atoms with Crippen LogP contribution in [-0.4, -0.2) is 45.7 Å². The quantitative estimate of drug-likeness (QED) is 0.627. The highest BCUT2D eigenvalue weighted by Crippen LogP contribution is 2.24. The van der Waals surface area contributed by atoms with E-state index in [-0.39, 0.29) is 17.9 Å². The number of hydrogen-bond acceptors (Lipinski definition) is 4. The monoisotopic (exact) mass is 402 g/mol. The second-order valence-corrected chi connectivity index (χ2v) is 7.38. The van der Waals surface area contributed by atoms with Crippen LogP contribution < -0.4 is 0 Å². The van der Waals surface area contributed by atoms with Crippen molar-refractivity contribution in [1.29, 1.82) is 0 Å². The predicted molar refractivity (Wildman–Crippen MR) is 116 cm³/mol. The highest BCUT2D eigenvalue weighted by molar-refractivity contribution is 5.97. The molecule has 30 heavy (non-hydrogen) atoms. The van der Waals surface area contributed by atoms with Gasteiger partial charge < -0.3 is 9.80 Å². The van der Waals surface area contributed by atoms with E-state index in [1.165, 1.54) is 4.90 Å². The van der Waals surface area contributed by atoms with Crippen molar-refractivity contribution in [2.45, 2.75) is 26.4 Å². The number of benzene rings is 1. The van der Waals surface area contributed by atoms with Crippen LogP contribution in [-0.2, 0) is 6.54 Å². The second kappa shape index (κ2) is 9.31. The maximum atomic E-state index is 13.6. The highest BCUT2D eigenvalue weighted by Gasteiger charge is 2.26. The molecule has 1 unspecified atom stereocenters. The summed E-state index contributed by atoms with van der Waals surface area (Å²) in [6, 6.07) is 18.6. The molecule has 2 amide bonds. The Morgan fingerprint density at radius 1 is 0.933 bits per heavy atom. The molecule has 0 aliphatic carbocycles. The number of carbonyl (C=O) groups is 2. The van der Waals surface area contributed by atoms with E-state index in [2.05, 4.69) is 9.97 Å². The molecule has 0 aliphatic heterocycles. The molecular weight excluding hydrogens is 376 g/mol. The fourth-order valence-corrected chi connectivity index (χ4v) is 3.24. The maximum Gasteiger partial charge on any atom is 0.271 e. The molecule has 0 saturated carbocycles. The van der Waals surface area contributed by atoms with Crippen LogP contribution in [0.1, 0.15) is 50.8 Å². The Morgan fingerprint density at radius 3 is 2.23 bits per heavy atom. The van der Waals surface area contributed by atoms with Crippen LogP contribution in [0.4, 0.5) is 0 Å². The first-order valence-corrected chi connectivity index (χ1v) is 9.83. The van der Waals surface area contributed by atoms with E-state index in [1.807, 2.05) is 55.5 Å². The first-order valence-electron chi connectivity index (χ1n) is 9.83. The third kappa shape index (κ3) is 4.71. The van der Waals surface area contributed by atoms with Gasteiger partial charge in [0.05, 0.1) is 23.0 Å². The Morgan fingerprint density at radius 2 is 1.63 bits per heavy atom.